The molecule has 1 fully saturated rings. The van der Waals surface area contributed by atoms with Gasteiger partial charge >= 0.3 is 5.97 Å². The third kappa shape index (κ3) is 11.3. The van der Waals surface area contributed by atoms with Crippen LogP contribution in [-0.2, 0) is 32.3 Å². The fourth-order valence-electron chi connectivity index (χ4n) is 4.93. The molecule has 1 aromatic carbocycles. The summed E-state index contributed by atoms with van der Waals surface area (Å²) >= 11 is 6.30. The summed E-state index contributed by atoms with van der Waals surface area (Å²) in [7, 11) is 1.52. The van der Waals surface area contributed by atoms with Gasteiger partial charge in [-0.1, -0.05) is 17.7 Å². The zero-order valence-electron chi connectivity index (χ0n) is 26.4. The summed E-state index contributed by atoms with van der Waals surface area (Å²) in [6, 6.07) is 6.71. The average molecular weight is 704 g/mol. The summed E-state index contributed by atoms with van der Waals surface area (Å²) < 4.78 is 10.7. The Bertz CT molecular complexity index is 1600. The molecule has 1 saturated heterocycles. The minimum Gasteiger partial charge on any atom is -0.495 e. The van der Waals surface area contributed by atoms with Crippen molar-refractivity contribution in [3.8, 4) is 5.75 Å². The van der Waals surface area contributed by atoms with Gasteiger partial charge in [-0.15, -0.1) is 20.2 Å². The van der Waals surface area contributed by atoms with Crippen LogP contribution in [0.5, 0.6) is 5.75 Å². The van der Waals surface area contributed by atoms with E-state index in [9.17, 15) is 29.8 Å². The Kier molecular flexibility index (Phi) is 13.4. The van der Waals surface area contributed by atoms with E-state index in [1.807, 2.05) is 11.0 Å². The van der Waals surface area contributed by atoms with E-state index in [1.165, 1.54) is 13.3 Å². The summed E-state index contributed by atoms with van der Waals surface area (Å²) in [6.07, 6.45) is 4.79. The van der Waals surface area contributed by atoms with Crippen molar-refractivity contribution >= 4 is 35.2 Å². The molecular formula is C29H34ClN9O10. The van der Waals surface area contributed by atoms with Crippen molar-refractivity contribution < 1.29 is 38.9 Å². The second-order valence-electron chi connectivity index (χ2n) is 10.6. The van der Waals surface area contributed by atoms with Crippen LogP contribution < -0.4 is 20.3 Å². The molecule has 4 rings (SSSR count). The van der Waals surface area contributed by atoms with Crippen LogP contribution in [0.15, 0.2) is 42.9 Å². The third-order valence-electron chi connectivity index (χ3n) is 7.30. The number of hydrogen-bond donors (Lipinski definition) is 2. The van der Waals surface area contributed by atoms with E-state index in [-0.39, 0.29) is 56.4 Å². The Labute approximate surface area is 284 Å². The molecule has 3 aromatic rings. The highest BCUT2D eigenvalue weighted by Crippen LogP contribution is 2.27. The highest BCUT2D eigenvalue weighted by molar-refractivity contribution is 6.32. The largest absolute Gasteiger partial charge is 0.495 e. The molecule has 2 N–H and O–H groups in total. The van der Waals surface area contributed by atoms with Gasteiger partial charge in [0.1, 0.15) is 42.3 Å². The fourth-order valence-corrected chi connectivity index (χ4v) is 5.21. The van der Waals surface area contributed by atoms with E-state index >= 15 is 0 Å². The molecule has 49 heavy (non-hydrogen) atoms. The number of carbonyl (C=O) groups is 2. The summed E-state index contributed by atoms with van der Waals surface area (Å²) in [5, 5.41) is 25.3. The van der Waals surface area contributed by atoms with Gasteiger partial charge in [-0.2, -0.15) is 4.98 Å². The first kappa shape index (κ1) is 36.2. The predicted molar refractivity (Wildman–Crippen MR) is 171 cm³/mol. The maximum Gasteiger partial charge on any atom is 0.305 e. The van der Waals surface area contributed by atoms with Crippen LogP contribution in [0.2, 0.25) is 5.02 Å². The van der Waals surface area contributed by atoms with Crippen molar-refractivity contribution in [2.45, 2.75) is 57.3 Å². The van der Waals surface area contributed by atoms with Crippen LogP contribution in [-0.4, -0.2) is 81.0 Å². The highest BCUT2D eigenvalue weighted by atomic mass is 35.5. The fraction of sp³-hybridized carbons (Fsp3) is 0.448. The number of carbonyl (C=O) groups excluding carboxylic acids is 2. The van der Waals surface area contributed by atoms with Gasteiger partial charge in [0.05, 0.1) is 24.7 Å². The molecular weight excluding hydrogens is 670 g/mol. The molecule has 1 aliphatic rings. The summed E-state index contributed by atoms with van der Waals surface area (Å²) in [5.74, 6) is 0.531. The number of halogens is 1. The number of rotatable bonds is 19. The molecule has 2 atom stereocenters. The Morgan fingerprint density at radius 1 is 1.14 bits per heavy atom. The van der Waals surface area contributed by atoms with Crippen molar-refractivity contribution in [3.63, 3.8) is 0 Å². The number of nitrogens with zero attached hydrogens (tertiary/aromatic N) is 7. The van der Waals surface area contributed by atoms with E-state index in [0.29, 0.717) is 35.5 Å². The number of hydrogen-bond acceptors (Lipinski definition) is 16. The summed E-state index contributed by atoms with van der Waals surface area (Å²) in [6.45, 7) is 0.309. The molecule has 0 saturated carbocycles. The van der Waals surface area contributed by atoms with Gasteiger partial charge in [-0.05, 0) is 49.4 Å². The van der Waals surface area contributed by atoms with E-state index in [2.05, 4.69) is 40.2 Å². The van der Waals surface area contributed by atoms with Crippen molar-refractivity contribution in [1.82, 2.24) is 25.3 Å². The van der Waals surface area contributed by atoms with Crippen molar-refractivity contribution in [2.75, 3.05) is 37.1 Å². The first-order chi connectivity index (χ1) is 23.6. The third-order valence-corrected chi connectivity index (χ3v) is 7.60. The number of amides is 1. The number of methoxy groups -OCH3 is 1. The number of benzene rings is 1. The lowest BCUT2D eigenvalue weighted by Crippen LogP contribution is -2.35. The molecule has 1 amide bonds. The average Bonchev–Trinajstić information content (AvgIpc) is 3.56. The number of aromatic nitrogens is 4. The number of anilines is 2. The van der Waals surface area contributed by atoms with E-state index in [0.717, 1.165) is 12.0 Å². The maximum absolute atomic E-state index is 13.2. The standard InChI is InChI=1S/C29H34ClN9O10/c1-46-24-9-8-19(13-23(24)30)14-33-27-22(28(41)34-16-25-31-10-4-11-32-25)15-35-29(36-27)37-12-3-5-20(37)17-47-26(40)7-2-6-21(49-39(44)45)18-48-38(42)43/h4,8-11,13,15,20-21H,2-3,5-7,12,14,16-18H2,1H3,(H,34,41)(H,33,35,36)/t20-,21-/m0/s1. The van der Waals surface area contributed by atoms with Crippen LogP contribution in [0.4, 0.5) is 11.8 Å². The van der Waals surface area contributed by atoms with Crippen LogP contribution in [0.3, 0.4) is 0 Å². The lowest BCUT2D eigenvalue weighted by molar-refractivity contribution is -0.790. The summed E-state index contributed by atoms with van der Waals surface area (Å²) in [4.78, 5) is 74.6. The van der Waals surface area contributed by atoms with Gasteiger partial charge in [-0.25, -0.2) is 15.0 Å². The molecule has 1 aliphatic heterocycles. The minimum atomic E-state index is -1.21. The van der Waals surface area contributed by atoms with Crippen molar-refractivity contribution in [3.05, 3.63) is 85.1 Å². The van der Waals surface area contributed by atoms with Gasteiger partial charge in [0, 0.05) is 38.1 Å². The van der Waals surface area contributed by atoms with Gasteiger partial charge in [0.15, 0.2) is 0 Å². The number of ether oxygens (including phenoxy) is 2. The normalized spacial score (nSPS) is 14.4. The molecule has 2 aromatic heterocycles. The molecule has 19 nitrogen and oxygen atoms in total. The molecule has 0 spiro atoms. The van der Waals surface area contributed by atoms with E-state index in [1.54, 1.807) is 30.6 Å². The van der Waals surface area contributed by atoms with E-state index < -0.39 is 34.8 Å². The van der Waals surface area contributed by atoms with Crippen LogP contribution in [0, 0.1) is 20.2 Å². The smallest absolute Gasteiger partial charge is 0.305 e. The molecule has 0 radical (unpaired) electrons. The SMILES string of the molecule is COc1ccc(CNc2nc(N3CCC[C@H]3COC(=O)CCC[C@@H](CO[N+](=O)[O-])O[N+](=O)[O-])ncc2C(=O)NCc2ncccn2)cc1Cl. The van der Waals surface area contributed by atoms with Crippen LogP contribution in [0.25, 0.3) is 0 Å². The topological polar surface area (TPSA) is 236 Å². The van der Waals surface area contributed by atoms with Gasteiger partial charge in [-0.3, -0.25) is 9.59 Å². The molecule has 20 heteroatoms. The molecule has 0 unspecified atom stereocenters. The second-order valence-corrected chi connectivity index (χ2v) is 11.0. The lowest BCUT2D eigenvalue weighted by atomic mass is 10.1. The highest BCUT2D eigenvalue weighted by Gasteiger charge is 2.29. The molecule has 262 valence electrons. The van der Waals surface area contributed by atoms with Gasteiger partial charge in [0.2, 0.25) is 5.95 Å². The Morgan fingerprint density at radius 3 is 2.65 bits per heavy atom. The lowest BCUT2D eigenvalue weighted by Gasteiger charge is -2.25. The van der Waals surface area contributed by atoms with Crippen LogP contribution in [0.1, 0.15) is 53.8 Å². The zero-order valence-corrected chi connectivity index (χ0v) is 27.1. The Hall–Kier alpha value is -5.59. The zero-order chi connectivity index (χ0) is 35.2. The minimum absolute atomic E-state index is 0.0217. The van der Waals surface area contributed by atoms with Gasteiger partial charge < -0.3 is 34.7 Å². The molecule has 3 heterocycles. The quantitative estimate of drug-likeness (QED) is 0.104. The predicted octanol–water partition coefficient (Wildman–Crippen LogP) is 2.94. The maximum atomic E-state index is 13.2. The van der Waals surface area contributed by atoms with Crippen LogP contribution >= 0.6 is 11.6 Å². The summed E-state index contributed by atoms with van der Waals surface area (Å²) in [5.41, 5.74) is 0.993. The number of esters is 1. The number of nitrogens with one attached hydrogen (secondary N) is 2. The monoisotopic (exact) mass is 703 g/mol. The van der Waals surface area contributed by atoms with Crippen molar-refractivity contribution in [2.24, 2.45) is 0 Å². The van der Waals surface area contributed by atoms with Gasteiger partial charge in [0.25, 0.3) is 16.1 Å². The first-order valence-electron chi connectivity index (χ1n) is 15.1. The van der Waals surface area contributed by atoms with E-state index in [4.69, 9.17) is 21.1 Å². The molecule has 0 aliphatic carbocycles. The first-order valence-corrected chi connectivity index (χ1v) is 15.5. The second kappa shape index (κ2) is 18.1. The Morgan fingerprint density at radius 2 is 1.94 bits per heavy atom. The Balaban J connectivity index is 1.40. The molecule has 0 bridgehead atoms. The van der Waals surface area contributed by atoms with Crippen molar-refractivity contribution in [1.29, 1.82) is 0 Å².